The van der Waals surface area contributed by atoms with Crippen LogP contribution in [0.15, 0.2) is 54.6 Å². The third-order valence-electron chi connectivity index (χ3n) is 4.22. The van der Waals surface area contributed by atoms with Crippen molar-refractivity contribution < 1.29 is 19.2 Å². The summed E-state index contributed by atoms with van der Waals surface area (Å²) in [4.78, 5) is 50.4. The molecule has 0 atom stereocenters. The summed E-state index contributed by atoms with van der Waals surface area (Å²) in [5, 5.41) is 1.87. The van der Waals surface area contributed by atoms with Gasteiger partial charge in [-0.3, -0.25) is 19.2 Å². The molecule has 0 aromatic heterocycles. The first-order valence-electron chi connectivity index (χ1n) is 8.49. The van der Waals surface area contributed by atoms with Gasteiger partial charge in [0.05, 0.1) is 10.6 Å². The number of benzene rings is 2. The normalized spacial score (nSPS) is 14.2. The van der Waals surface area contributed by atoms with Gasteiger partial charge in [-0.1, -0.05) is 54.1 Å². The van der Waals surface area contributed by atoms with Crippen molar-refractivity contribution in [3.63, 3.8) is 0 Å². The van der Waals surface area contributed by atoms with Crippen LogP contribution < -0.4 is 0 Å². The van der Waals surface area contributed by atoms with Gasteiger partial charge in [0.15, 0.2) is 5.78 Å². The maximum absolute atomic E-state index is 13.1. The van der Waals surface area contributed by atoms with Gasteiger partial charge in [0, 0.05) is 18.4 Å². The average molecular weight is 385 g/mol. The predicted molar refractivity (Wildman–Crippen MR) is 99.0 cm³/mol. The van der Waals surface area contributed by atoms with Crippen LogP contribution in [0.4, 0.5) is 0 Å². The SMILES string of the molecule is O=C(CN(C(=O)c1ccccc1Cl)N1C(=O)CCCC1=O)c1ccccc1. The maximum atomic E-state index is 13.1. The molecule has 0 bridgehead atoms. The highest BCUT2D eigenvalue weighted by atomic mass is 35.5. The number of carbonyl (C=O) groups is 4. The fourth-order valence-corrected chi connectivity index (χ4v) is 3.09. The Labute approximate surface area is 161 Å². The number of hydrazine groups is 1. The number of Topliss-reactive ketones (excluding diaryl/α,β-unsaturated/α-hetero) is 1. The number of piperidine rings is 1. The number of amides is 3. The van der Waals surface area contributed by atoms with Gasteiger partial charge < -0.3 is 0 Å². The highest BCUT2D eigenvalue weighted by Gasteiger charge is 2.36. The Morgan fingerprint density at radius 3 is 2.15 bits per heavy atom. The van der Waals surface area contributed by atoms with Crippen LogP contribution in [0.2, 0.25) is 5.02 Å². The predicted octanol–water partition coefficient (Wildman–Crippen LogP) is 3.12. The lowest BCUT2D eigenvalue weighted by atomic mass is 10.1. The molecule has 1 heterocycles. The van der Waals surface area contributed by atoms with Gasteiger partial charge in [-0.15, -0.1) is 0 Å². The molecule has 3 amide bonds. The van der Waals surface area contributed by atoms with Crippen LogP contribution in [0.5, 0.6) is 0 Å². The number of rotatable bonds is 5. The van der Waals surface area contributed by atoms with Crippen molar-refractivity contribution in [1.82, 2.24) is 10.0 Å². The van der Waals surface area contributed by atoms with E-state index in [4.69, 9.17) is 11.6 Å². The van der Waals surface area contributed by atoms with Crippen molar-refractivity contribution in [2.24, 2.45) is 0 Å². The van der Waals surface area contributed by atoms with Gasteiger partial charge in [0.1, 0.15) is 6.54 Å². The molecule has 0 aliphatic carbocycles. The molecular weight excluding hydrogens is 368 g/mol. The van der Waals surface area contributed by atoms with E-state index in [0.29, 0.717) is 12.0 Å². The quantitative estimate of drug-likeness (QED) is 0.586. The Morgan fingerprint density at radius 2 is 1.52 bits per heavy atom. The van der Waals surface area contributed by atoms with Gasteiger partial charge in [0.2, 0.25) is 11.8 Å². The van der Waals surface area contributed by atoms with Crippen molar-refractivity contribution in [1.29, 1.82) is 0 Å². The van der Waals surface area contributed by atoms with Gasteiger partial charge in [0.25, 0.3) is 5.91 Å². The van der Waals surface area contributed by atoms with Crippen molar-refractivity contribution in [2.75, 3.05) is 6.54 Å². The monoisotopic (exact) mass is 384 g/mol. The molecule has 0 N–H and O–H groups in total. The Balaban J connectivity index is 1.97. The zero-order valence-corrected chi connectivity index (χ0v) is 15.2. The highest BCUT2D eigenvalue weighted by molar-refractivity contribution is 6.34. The van der Waals surface area contributed by atoms with E-state index in [9.17, 15) is 19.2 Å². The van der Waals surface area contributed by atoms with Crippen LogP contribution in [0.25, 0.3) is 0 Å². The molecule has 1 saturated heterocycles. The molecule has 6 nitrogen and oxygen atoms in total. The summed E-state index contributed by atoms with van der Waals surface area (Å²) in [6, 6.07) is 14.7. The van der Waals surface area contributed by atoms with Gasteiger partial charge in [-0.05, 0) is 18.6 Å². The Kier molecular flexibility index (Phi) is 5.66. The van der Waals surface area contributed by atoms with Crippen LogP contribution in [-0.2, 0) is 9.59 Å². The van der Waals surface area contributed by atoms with Crippen molar-refractivity contribution in [2.45, 2.75) is 19.3 Å². The molecule has 0 radical (unpaired) electrons. The number of carbonyl (C=O) groups excluding carboxylic acids is 4. The molecule has 2 aromatic carbocycles. The van der Waals surface area contributed by atoms with E-state index in [1.165, 1.54) is 12.1 Å². The summed E-state index contributed by atoms with van der Waals surface area (Å²) in [7, 11) is 0. The summed E-state index contributed by atoms with van der Waals surface area (Å²) >= 11 is 6.11. The minimum absolute atomic E-state index is 0.117. The van der Waals surface area contributed by atoms with Crippen LogP contribution in [-0.4, -0.2) is 40.1 Å². The molecule has 7 heteroatoms. The van der Waals surface area contributed by atoms with Crippen LogP contribution in [0, 0.1) is 0 Å². The van der Waals surface area contributed by atoms with Crippen LogP contribution in [0.1, 0.15) is 40.0 Å². The number of halogens is 1. The largest absolute Gasteiger partial charge is 0.292 e. The van der Waals surface area contributed by atoms with Crippen molar-refractivity contribution in [3.05, 3.63) is 70.7 Å². The first-order chi connectivity index (χ1) is 13.0. The first kappa shape index (κ1) is 18.8. The van der Waals surface area contributed by atoms with Gasteiger partial charge in [-0.25, -0.2) is 5.01 Å². The lowest BCUT2D eigenvalue weighted by molar-refractivity contribution is -0.162. The van der Waals surface area contributed by atoms with E-state index in [2.05, 4.69) is 0 Å². The molecule has 138 valence electrons. The first-order valence-corrected chi connectivity index (χ1v) is 8.87. The summed E-state index contributed by atoms with van der Waals surface area (Å²) in [6.45, 7) is -0.439. The van der Waals surface area contributed by atoms with Gasteiger partial charge >= 0.3 is 0 Å². The molecule has 1 aliphatic heterocycles. The minimum Gasteiger partial charge on any atom is -0.292 e. The van der Waals surface area contributed by atoms with E-state index in [1.807, 2.05) is 0 Å². The Hall–Kier alpha value is -2.99. The maximum Gasteiger partial charge on any atom is 0.274 e. The molecule has 3 rings (SSSR count). The Morgan fingerprint density at radius 1 is 0.926 bits per heavy atom. The van der Waals surface area contributed by atoms with E-state index < -0.39 is 24.3 Å². The second kappa shape index (κ2) is 8.14. The second-order valence-corrected chi connectivity index (χ2v) is 6.49. The minimum atomic E-state index is -0.673. The number of nitrogens with zero attached hydrogens (tertiary/aromatic N) is 2. The van der Waals surface area contributed by atoms with Crippen molar-refractivity contribution >= 4 is 35.1 Å². The number of imide groups is 1. The molecular formula is C20H17ClN2O4. The summed E-state index contributed by atoms with van der Waals surface area (Å²) in [5.74, 6) is -2.07. The highest BCUT2D eigenvalue weighted by Crippen LogP contribution is 2.22. The number of ketones is 1. The standard InChI is InChI=1S/C20H17ClN2O4/c21-16-10-5-4-9-15(16)20(27)22(23-18(25)11-6-12-19(23)26)13-17(24)14-7-2-1-3-8-14/h1-5,7-10H,6,11-13H2. The molecule has 27 heavy (non-hydrogen) atoms. The van der Waals surface area contributed by atoms with Crippen LogP contribution in [0.3, 0.4) is 0 Å². The fourth-order valence-electron chi connectivity index (χ4n) is 2.87. The zero-order chi connectivity index (χ0) is 19.4. The molecule has 1 aliphatic rings. The van der Waals surface area contributed by atoms with E-state index in [0.717, 1.165) is 10.0 Å². The molecule has 1 fully saturated rings. The summed E-state index contributed by atoms with van der Waals surface area (Å²) in [5.41, 5.74) is 0.498. The average Bonchev–Trinajstić information content (AvgIpc) is 2.67. The molecule has 0 unspecified atom stereocenters. The van der Waals surface area contributed by atoms with Crippen LogP contribution >= 0.6 is 11.6 Å². The van der Waals surface area contributed by atoms with Crippen molar-refractivity contribution in [3.8, 4) is 0 Å². The second-order valence-electron chi connectivity index (χ2n) is 6.08. The number of hydrogen-bond acceptors (Lipinski definition) is 4. The third kappa shape index (κ3) is 4.06. The fraction of sp³-hybridized carbons (Fsp3) is 0.200. The third-order valence-corrected chi connectivity index (χ3v) is 4.55. The number of hydrogen-bond donors (Lipinski definition) is 0. The summed E-state index contributed by atoms with van der Waals surface area (Å²) in [6.07, 6.45) is 0.698. The summed E-state index contributed by atoms with van der Waals surface area (Å²) < 4.78 is 0. The van der Waals surface area contributed by atoms with E-state index >= 15 is 0 Å². The lowest BCUT2D eigenvalue weighted by Gasteiger charge is -2.35. The molecule has 0 saturated carbocycles. The molecule has 2 aromatic rings. The zero-order valence-electron chi connectivity index (χ0n) is 14.4. The Bertz CT molecular complexity index is 882. The lowest BCUT2D eigenvalue weighted by Crippen LogP contribution is -2.56. The van der Waals surface area contributed by atoms with Gasteiger partial charge in [-0.2, -0.15) is 5.01 Å². The topological polar surface area (TPSA) is 74.8 Å². The van der Waals surface area contributed by atoms with E-state index in [1.54, 1.807) is 42.5 Å². The smallest absolute Gasteiger partial charge is 0.274 e. The van der Waals surface area contributed by atoms with E-state index in [-0.39, 0.29) is 29.2 Å². The molecule has 0 spiro atoms.